The van der Waals surface area contributed by atoms with Crippen LogP contribution in [0.3, 0.4) is 0 Å². The number of ketones is 1. The summed E-state index contributed by atoms with van der Waals surface area (Å²) in [5.74, 6) is -1.56. The van der Waals surface area contributed by atoms with Gasteiger partial charge in [-0.3, -0.25) is 24.0 Å². The summed E-state index contributed by atoms with van der Waals surface area (Å²) in [4.78, 5) is 72.3. The van der Waals surface area contributed by atoms with Gasteiger partial charge in [-0.05, 0) is 67.9 Å². The van der Waals surface area contributed by atoms with Gasteiger partial charge >= 0.3 is 12.2 Å². The summed E-state index contributed by atoms with van der Waals surface area (Å²) < 4.78 is 45.5. The zero-order valence-electron chi connectivity index (χ0n) is 31.8. The van der Waals surface area contributed by atoms with Crippen LogP contribution in [0.25, 0.3) is 0 Å². The van der Waals surface area contributed by atoms with E-state index in [-0.39, 0.29) is 44.4 Å². The molecule has 1 aromatic rings. The second-order valence-electron chi connectivity index (χ2n) is 17.4. The molecular formula is C40H52N4O10S. The van der Waals surface area contributed by atoms with Crippen LogP contribution in [0, 0.1) is 22.2 Å². The highest BCUT2D eigenvalue weighted by atomic mass is 32.2. The van der Waals surface area contributed by atoms with Gasteiger partial charge in [0.1, 0.15) is 24.5 Å². The van der Waals surface area contributed by atoms with Crippen LogP contribution >= 0.6 is 0 Å². The normalized spacial score (nSPS) is 30.1. The molecule has 55 heavy (non-hydrogen) atoms. The molecule has 1 aromatic carbocycles. The Morgan fingerprint density at radius 1 is 1.07 bits per heavy atom. The van der Waals surface area contributed by atoms with Gasteiger partial charge in [0.15, 0.2) is 5.78 Å². The van der Waals surface area contributed by atoms with Gasteiger partial charge in [0.05, 0.1) is 36.4 Å². The molecule has 5 atom stereocenters. The van der Waals surface area contributed by atoms with E-state index in [2.05, 4.69) is 22.7 Å². The Labute approximate surface area is 322 Å². The first-order chi connectivity index (χ1) is 26.0. The van der Waals surface area contributed by atoms with Crippen molar-refractivity contribution >= 4 is 39.8 Å². The van der Waals surface area contributed by atoms with Crippen molar-refractivity contribution in [2.45, 2.75) is 115 Å². The minimum Gasteiger partial charge on any atom is -0.489 e. The molecule has 1 spiro atoms. The lowest BCUT2D eigenvalue weighted by atomic mass is 9.85. The quantitative estimate of drug-likeness (QED) is 0.374. The fraction of sp³-hybridized carbons (Fsp3) is 0.625. The van der Waals surface area contributed by atoms with Crippen molar-refractivity contribution in [2.24, 2.45) is 22.2 Å². The van der Waals surface area contributed by atoms with Crippen molar-refractivity contribution in [3.05, 3.63) is 54.1 Å². The third-order valence-electron chi connectivity index (χ3n) is 12.1. The first kappa shape index (κ1) is 38.9. The third kappa shape index (κ3) is 8.27. The fourth-order valence-electron chi connectivity index (χ4n) is 8.16. The van der Waals surface area contributed by atoms with Crippen LogP contribution in [0.4, 0.5) is 9.59 Å². The predicted octanol–water partition coefficient (Wildman–Crippen LogP) is 4.52. The lowest BCUT2D eigenvalue weighted by molar-refractivity contribution is -0.142. The number of carbonyl (C=O) groups is 5. The van der Waals surface area contributed by atoms with Crippen molar-refractivity contribution < 1.29 is 46.6 Å². The maximum absolute atomic E-state index is 14.6. The van der Waals surface area contributed by atoms with E-state index < -0.39 is 80.0 Å². The Bertz CT molecular complexity index is 1900. The molecule has 298 valence electrons. The molecule has 2 N–H and O–H groups in total. The molecule has 1 unspecified atom stereocenters. The number of nitrogens with one attached hydrogen (secondary N) is 2. The summed E-state index contributed by atoms with van der Waals surface area (Å²) in [5.41, 5.74) is -0.468. The van der Waals surface area contributed by atoms with E-state index in [0.717, 1.165) is 36.8 Å². The van der Waals surface area contributed by atoms with Crippen LogP contribution < -0.4 is 14.8 Å². The molecular weight excluding hydrogens is 729 g/mol. The van der Waals surface area contributed by atoms with Crippen molar-refractivity contribution in [3.63, 3.8) is 0 Å². The minimum atomic E-state index is -3.88. The monoisotopic (exact) mass is 780 g/mol. The van der Waals surface area contributed by atoms with Gasteiger partial charge < -0.3 is 24.4 Å². The Kier molecular flexibility index (Phi) is 10.3. The summed E-state index contributed by atoms with van der Waals surface area (Å²) in [5, 5.41) is 2.14. The summed E-state index contributed by atoms with van der Waals surface area (Å²) in [7, 11) is -3.88. The van der Waals surface area contributed by atoms with Crippen LogP contribution in [0.15, 0.2) is 43.0 Å². The number of hydrogen-bond acceptors (Lipinski definition) is 10. The van der Waals surface area contributed by atoms with Crippen molar-refractivity contribution in [1.82, 2.24) is 19.8 Å². The van der Waals surface area contributed by atoms with E-state index in [4.69, 9.17) is 14.2 Å². The number of fused-ring (bicyclic) bond motifs is 3. The van der Waals surface area contributed by atoms with Gasteiger partial charge in [0.2, 0.25) is 21.8 Å². The largest absolute Gasteiger partial charge is 0.489 e. The van der Waals surface area contributed by atoms with Gasteiger partial charge in [-0.1, -0.05) is 51.1 Å². The molecule has 4 amide bonds. The minimum absolute atomic E-state index is 0.0432. The summed E-state index contributed by atoms with van der Waals surface area (Å²) in [6, 6.07) is 3.45. The lowest BCUT2D eigenvalue weighted by Crippen LogP contribution is -2.57. The van der Waals surface area contributed by atoms with E-state index in [1.807, 2.05) is 24.3 Å². The molecule has 0 radical (unpaired) electrons. The molecule has 1 saturated heterocycles. The molecule has 6 aliphatic rings. The highest BCUT2D eigenvalue weighted by molar-refractivity contribution is 7.90. The van der Waals surface area contributed by atoms with E-state index in [1.54, 1.807) is 31.7 Å². The Morgan fingerprint density at radius 3 is 2.51 bits per heavy atom. The smallest absolute Gasteiger partial charge is 0.410 e. The number of hydrogen-bond donors (Lipinski definition) is 2. The van der Waals surface area contributed by atoms with Crippen LogP contribution in [-0.4, -0.2) is 91.2 Å². The predicted molar refractivity (Wildman–Crippen MR) is 200 cm³/mol. The maximum atomic E-state index is 14.6. The Morgan fingerprint density at radius 2 is 1.84 bits per heavy atom. The topological polar surface area (TPSA) is 178 Å². The van der Waals surface area contributed by atoms with Gasteiger partial charge in [0.25, 0.3) is 0 Å². The van der Waals surface area contributed by atoms with E-state index in [0.29, 0.717) is 31.7 Å². The average molecular weight is 781 g/mol. The molecule has 3 heterocycles. The number of rotatable bonds is 7. The molecule has 14 nitrogen and oxygen atoms in total. The number of benzene rings is 1. The van der Waals surface area contributed by atoms with E-state index in [9.17, 15) is 32.4 Å². The van der Waals surface area contributed by atoms with Crippen LogP contribution in [0.1, 0.15) is 89.7 Å². The highest BCUT2D eigenvalue weighted by Crippen LogP contribution is 2.57. The van der Waals surface area contributed by atoms with Crippen molar-refractivity contribution in [1.29, 1.82) is 0 Å². The summed E-state index contributed by atoms with van der Waals surface area (Å²) in [6.07, 6.45) is 7.54. The zero-order valence-corrected chi connectivity index (χ0v) is 32.7. The van der Waals surface area contributed by atoms with Gasteiger partial charge in [-0.15, -0.1) is 6.58 Å². The Hall–Kier alpha value is -4.40. The Balaban J connectivity index is 1.15. The number of allylic oxidation sites excluding steroid dienone is 2. The molecule has 4 fully saturated rings. The molecule has 0 aromatic heterocycles. The molecule has 3 saturated carbocycles. The number of alkyl carbamates (subject to hydrolysis) is 1. The lowest BCUT2D eigenvalue weighted by Gasteiger charge is -2.35. The van der Waals surface area contributed by atoms with Crippen LogP contribution in [0.5, 0.6) is 5.75 Å². The number of amides is 4. The fourth-order valence-corrected chi connectivity index (χ4v) is 9.55. The molecule has 4 bridgehead atoms. The maximum Gasteiger partial charge on any atom is 0.410 e. The van der Waals surface area contributed by atoms with Gasteiger partial charge in [0, 0.05) is 30.4 Å². The second kappa shape index (κ2) is 14.6. The third-order valence-corrected chi connectivity index (χ3v) is 13.9. The number of nitrogens with zero attached hydrogens (tertiary/aromatic N) is 2. The molecule has 15 heteroatoms. The standard InChI is InChI=1S/C40H52N4O10S/c1-5-26-19-40(26,35(47)42-55(50,51)28-12-13-28)20-31(45)30-18-27-22-44(30)34(46)33(38(2,3)4)41-36(48)53-24-39(15-16-39)14-7-6-8-17-52-32-11-9-10-25-21-43(23-29(25)32)37(49)54-27/h5-6,8-11,26-28,30,33H,1,7,12-24H2,2-4H3,(H,41,48)(H,42,47)/b8-6+/t26-,27+,30?,33+,40-/m0/s1. The first-order valence-corrected chi connectivity index (χ1v) is 20.9. The first-order valence-electron chi connectivity index (χ1n) is 19.3. The van der Waals surface area contributed by atoms with Crippen molar-refractivity contribution in [2.75, 3.05) is 19.8 Å². The number of carbonyl (C=O) groups excluding carboxylic acids is 5. The van der Waals surface area contributed by atoms with E-state index in [1.165, 1.54) is 4.90 Å². The van der Waals surface area contributed by atoms with Gasteiger partial charge in [-0.2, -0.15) is 0 Å². The molecule has 7 rings (SSSR count). The average Bonchev–Trinajstić information content (AvgIpc) is 4.08. The molecule has 3 aliphatic carbocycles. The van der Waals surface area contributed by atoms with Gasteiger partial charge in [-0.25, -0.2) is 18.0 Å². The number of sulfonamides is 1. The van der Waals surface area contributed by atoms with E-state index >= 15 is 0 Å². The number of ether oxygens (including phenoxy) is 3. The summed E-state index contributed by atoms with van der Waals surface area (Å²) in [6.45, 7) is 10.2. The van der Waals surface area contributed by atoms with Crippen LogP contribution in [-0.2, 0) is 47.0 Å². The summed E-state index contributed by atoms with van der Waals surface area (Å²) >= 11 is 0. The SMILES string of the molecule is C=C[C@H]1C[C@@]1(CC(=O)C1C[C@@H]2CN1C(=O)[C@H](C(C)(C)C)NC(=O)OCC1(CC/C=C/COc3cccc4c3CN(C4)C(=O)O2)CC1)C(=O)NS(=O)(=O)C1CC1. The number of Topliss-reactive ketones (excluding diaryl/α,β-unsaturated/α-hetero) is 1. The second-order valence-corrected chi connectivity index (χ2v) is 19.3. The number of cyclic esters (lactones) is 1. The van der Waals surface area contributed by atoms with Crippen LogP contribution in [0.2, 0.25) is 0 Å². The van der Waals surface area contributed by atoms with Crippen molar-refractivity contribution in [3.8, 4) is 5.75 Å². The molecule has 3 aliphatic heterocycles. The highest BCUT2D eigenvalue weighted by Gasteiger charge is 2.61. The zero-order chi connectivity index (χ0) is 39.3.